The van der Waals surface area contributed by atoms with E-state index in [-0.39, 0.29) is 17.3 Å². The van der Waals surface area contributed by atoms with Gasteiger partial charge in [0.2, 0.25) is 0 Å². The van der Waals surface area contributed by atoms with Crippen LogP contribution in [0.2, 0.25) is 5.02 Å². The smallest absolute Gasteiger partial charge is 0.266 e. The van der Waals surface area contributed by atoms with Gasteiger partial charge in [0.05, 0.1) is 26.1 Å². The zero-order valence-corrected chi connectivity index (χ0v) is 18.9. The summed E-state index contributed by atoms with van der Waals surface area (Å²) in [5.41, 5.74) is 2.02. The first-order valence-electron chi connectivity index (χ1n) is 10.1. The second kappa shape index (κ2) is 8.27. The Bertz CT molecular complexity index is 1490. The fourth-order valence-corrected chi connectivity index (χ4v) is 5.18. The lowest BCUT2D eigenvalue weighted by molar-refractivity contribution is -0.385. The third-order valence-electron chi connectivity index (χ3n) is 5.32. The van der Waals surface area contributed by atoms with Crippen LogP contribution in [-0.2, 0) is 4.79 Å². The summed E-state index contributed by atoms with van der Waals surface area (Å²) in [6, 6.07) is 21.5. The third kappa shape index (κ3) is 3.71. The number of fused-ring (bicyclic) bond motifs is 1. The average molecular weight is 474 g/mol. The number of nitro benzene ring substituents is 1. The molecule has 0 unspecified atom stereocenters. The van der Waals surface area contributed by atoms with E-state index in [1.807, 2.05) is 55.5 Å². The Morgan fingerprint density at radius 3 is 2.45 bits per heavy atom. The van der Waals surface area contributed by atoms with E-state index in [1.54, 1.807) is 18.2 Å². The number of para-hydroxylation sites is 1. The minimum atomic E-state index is -0.475. The summed E-state index contributed by atoms with van der Waals surface area (Å²) in [7, 11) is 0. The van der Waals surface area contributed by atoms with E-state index in [4.69, 9.17) is 11.6 Å². The number of aliphatic imine (C=N–C) groups is 1. The molecule has 1 aliphatic rings. The predicted octanol–water partition coefficient (Wildman–Crippen LogP) is 6.61. The summed E-state index contributed by atoms with van der Waals surface area (Å²) in [4.78, 5) is 31.3. The number of benzene rings is 3. The molecule has 33 heavy (non-hydrogen) atoms. The summed E-state index contributed by atoms with van der Waals surface area (Å²) < 4.78 is 0.979. The average Bonchev–Trinajstić information content (AvgIpc) is 3.31. The molecule has 8 heteroatoms. The van der Waals surface area contributed by atoms with Gasteiger partial charge >= 0.3 is 0 Å². The van der Waals surface area contributed by atoms with Crippen molar-refractivity contribution in [3.63, 3.8) is 0 Å². The van der Waals surface area contributed by atoms with Gasteiger partial charge in [-0.2, -0.15) is 0 Å². The molecule has 0 aliphatic carbocycles. The van der Waals surface area contributed by atoms with Crippen molar-refractivity contribution in [2.24, 2.45) is 4.99 Å². The number of carbonyl (C=O) groups excluding carboxylic acids is 1. The lowest BCUT2D eigenvalue weighted by Gasteiger charge is -2.18. The highest BCUT2D eigenvalue weighted by Gasteiger charge is 2.35. The van der Waals surface area contributed by atoms with Crippen LogP contribution in [0.25, 0.3) is 16.2 Å². The highest BCUT2D eigenvalue weighted by atomic mass is 35.5. The molecule has 2 heterocycles. The van der Waals surface area contributed by atoms with Crippen LogP contribution in [0.4, 0.5) is 11.4 Å². The predicted molar refractivity (Wildman–Crippen MR) is 133 cm³/mol. The molecule has 162 valence electrons. The van der Waals surface area contributed by atoms with Gasteiger partial charge in [-0.25, -0.2) is 4.99 Å². The number of carbonyl (C=O) groups is 1. The minimum Gasteiger partial charge on any atom is -0.266 e. The number of hydrogen-bond acceptors (Lipinski definition) is 5. The molecule has 4 aromatic rings. The van der Waals surface area contributed by atoms with Crippen LogP contribution >= 0.6 is 22.9 Å². The van der Waals surface area contributed by atoms with Gasteiger partial charge in [0, 0.05) is 16.2 Å². The number of rotatable bonds is 4. The van der Waals surface area contributed by atoms with Gasteiger partial charge in [-0.3, -0.25) is 19.8 Å². The Hall–Kier alpha value is -3.81. The van der Waals surface area contributed by atoms with Gasteiger partial charge < -0.3 is 0 Å². The highest BCUT2D eigenvalue weighted by Crippen LogP contribution is 2.39. The Kier molecular flexibility index (Phi) is 5.28. The van der Waals surface area contributed by atoms with Crippen LogP contribution in [0.1, 0.15) is 16.0 Å². The summed E-state index contributed by atoms with van der Waals surface area (Å²) in [6.07, 6.45) is 1.45. The molecule has 0 fully saturated rings. The molecule has 0 atom stereocenters. The van der Waals surface area contributed by atoms with Gasteiger partial charge in [0.15, 0.2) is 5.84 Å². The number of thiophene rings is 1. The van der Waals surface area contributed by atoms with Gasteiger partial charge in [0.25, 0.3) is 11.6 Å². The summed E-state index contributed by atoms with van der Waals surface area (Å²) >= 11 is 8.17. The number of hydrogen-bond donors (Lipinski definition) is 0. The van der Waals surface area contributed by atoms with Crippen LogP contribution in [-0.4, -0.2) is 16.7 Å². The standard InChI is InChI=1S/C25H16ClN3O3S/c1-15-10-12-17(13-11-15)28-24(23-22(26)18-7-3-5-9-21(18)33-23)27-19(25(28)30)14-16-6-2-4-8-20(16)29(31)32/h2-14H,1H3/b19-14+. The number of aryl methyl sites for hydroxylation is 1. The first-order valence-corrected chi connectivity index (χ1v) is 11.3. The zero-order valence-electron chi connectivity index (χ0n) is 17.4. The highest BCUT2D eigenvalue weighted by molar-refractivity contribution is 7.21. The zero-order chi connectivity index (χ0) is 23.1. The third-order valence-corrected chi connectivity index (χ3v) is 6.99. The Morgan fingerprint density at radius 2 is 1.73 bits per heavy atom. The number of amidine groups is 1. The van der Waals surface area contributed by atoms with Crippen LogP contribution in [0, 0.1) is 17.0 Å². The second-order valence-electron chi connectivity index (χ2n) is 7.50. The van der Waals surface area contributed by atoms with E-state index in [0.717, 1.165) is 15.6 Å². The lowest BCUT2D eigenvalue weighted by Crippen LogP contribution is -2.32. The van der Waals surface area contributed by atoms with Crippen molar-refractivity contribution in [3.05, 3.63) is 110 Å². The SMILES string of the molecule is Cc1ccc(N2C(=O)/C(=C\c3ccccc3[N+](=O)[O-])N=C2c2sc3ccccc3c2Cl)cc1. The Labute approximate surface area is 198 Å². The molecule has 0 saturated carbocycles. The first-order chi connectivity index (χ1) is 15.9. The molecule has 0 N–H and O–H groups in total. The quantitative estimate of drug-likeness (QED) is 0.190. The molecule has 0 bridgehead atoms. The Balaban J connectivity index is 1.70. The molecule has 0 radical (unpaired) electrons. The second-order valence-corrected chi connectivity index (χ2v) is 8.93. The molecule has 1 amide bonds. The van der Waals surface area contributed by atoms with E-state index < -0.39 is 4.92 Å². The van der Waals surface area contributed by atoms with Crippen molar-refractivity contribution in [1.29, 1.82) is 0 Å². The fraction of sp³-hybridized carbons (Fsp3) is 0.0400. The first kappa shape index (κ1) is 21.1. The van der Waals surface area contributed by atoms with E-state index in [2.05, 4.69) is 4.99 Å². The monoisotopic (exact) mass is 473 g/mol. The molecule has 1 aromatic heterocycles. The van der Waals surface area contributed by atoms with Crippen molar-refractivity contribution in [2.75, 3.05) is 4.90 Å². The van der Waals surface area contributed by atoms with Crippen molar-refractivity contribution in [2.45, 2.75) is 6.92 Å². The van der Waals surface area contributed by atoms with Crippen molar-refractivity contribution in [3.8, 4) is 0 Å². The molecule has 5 rings (SSSR count). The van der Waals surface area contributed by atoms with Crippen LogP contribution < -0.4 is 4.90 Å². The molecular formula is C25H16ClN3O3S. The maximum absolute atomic E-state index is 13.5. The number of nitrogens with zero attached hydrogens (tertiary/aromatic N) is 3. The fourth-order valence-electron chi connectivity index (χ4n) is 3.68. The van der Waals surface area contributed by atoms with Crippen LogP contribution in [0.3, 0.4) is 0 Å². The van der Waals surface area contributed by atoms with Crippen LogP contribution in [0.5, 0.6) is 0 Å². The summed E-state index contributed by atoms with van der Waals surface area (Å²) in [5.74, 6) is 0.0282. The molecular weight excluding hydrogens is 458 g/mol. The van der Waals surface area contributed by atoms with Crippen molar-refractivity contribution >= 4 is 62.2 Å². The topological polar surface area (TPSA) is 75.8 Å². The number of anilines is 1. The van der Waals surface area contributed by atoms with E-state index in [9.17, 15) is 14.9 Å². The van der Waals surface area contributed by atoms with Gasteiger partial charge in [-0.05, 0) is 37.3 Å². The van der Waals surface area contributed by atoms with Crippen LogP contribution in [0.15, 0.2) is 83.5 Å². The largest absolute Gasteiger partial charge is 0.282 e. The molecule has 1 aliphatic heterocycles. The minimum absolute atomic E-state index is 0.0942. The normalized spacial score (nSPS) is 14.8. The number of nitro groups is 1. The van der Waals surface area contributed by atoms with E-state index in [0.29, 0.717) is 27.0 Å². The summed E-state index contributed by atoms with van der Waals surface area (Å²) in [5, 5.41) is 12.9. The van der Waals surface area contributed by atoms with Gasteiger partial charge in [-0.15, -0.1) is 11.3 Å². The van der Waals surface area contributed by atoms with E-state index in [1.165, 1.54) is 28.4 Å². The van der Waals surface area contributed by atoms with Crippen molar-refractivity contribution in [1.82, 2.24) is 0 Å². The van der Waals surface area contributed by atoms with E-state index >= 15 is 0 Å². The molecule has 0 saturated heterocycles. The molecule has 3 aromatic carbocycles. The molecule has 6 nitrogen and oxygen atoms in total. The maximum atomic E-state index is 13.5. The number of amides is 1. The number of halogens is 1. The maximum Gasteiger partial charge on any atom is 0.282 e. The van der Waals surface area contributed by atoms with Gasteiger partial charge in [0.1, 0.15) is 5.70 Å². The van der Waals surface area contributed by atoms with Crippen molar-refractivity contribution < 1.29 is 9.72 Å². The van der Waals surface area contributed by atoms with Gasteiger partial charge in [-0.1, -0.05) is 59.6 Å². The Morgan fingerprint density at radius 1 is 1.03 bits per heavy atom. The molecule has 0 spiro atoms. The summed E-state index contributed by atoms with van der Waals surface area (Å²) in [6.45, 7) is 1.97. The lowest BCUT2D eigenvalue weighted by atomic mass is 10.1.